The highest BCUT2D eigenvalue weighted by Crippen LogP contribution is 2.08. The van der Waals surface area contributed by atoms with E-state index >= 15 is 0 Å². The first-order valence-corrected chi connectivity index (χ1v) is 5.97. The maximum atomic E-state index is 11.9. The van der Waals surface area contributed by atoms with E-state index in [9.17, 15) is 4.79 Å². The monoisotopic (exact) mass is 259 g/mol. The van der Waals surface area contributed by atoms with Crippen molar-refractivity contribution < 1.29 is 0 Å². The SMILES string of the molecule is CNc1cc(Cn2ncc(N(C)C)cc2=O)ccn1. The van der Waals surface area contributed by atoms with E-state index in [1.807, 2.05) is 38.2 Å². The molecule has 0 aliphatic rings. The number of nitrogens with one attached hydrogen (secondary N) is 1. The van der Waals surface area contributed by atoms with Gasteiger partial charge in [0.1, 0.15) is 5.82 Å². The van der Waals surface area contributed by atoms with Crippen LogP contribution in [0.2, 0.25) is 0 Å². The molecule has 0 spiro atoms. The molecule has 0 aliphatic carbocycles. The lowest BCUT2D eigenvalue weighted by Crippen LogP contribution is -2.24. The molecule has 0 saturated carbocycles. The van der Waals surface area contributed by atoms with Gasteiger partial charge in [-0.3, -0.25) is 4.79 Å². The Morgan fingerprint density at radius 3 is 2.79 bits per heavy atom. The van der Waals surface area contributed by atoms with Crippen molar-refractivity contribution in [1.29, 1.82) is 0 Å². The standard InChI is InChI=1S/C13H17N5O/c1-14-12-6-10(4-5-15-12)9-18-13(19)7-11(8-16-18)17(2)3/h4-8H,9H2,1-3H3,(H,14,15). The smallest absolute Gasteiger partial charge is 0.269 e. The molecule has 0 saturated heterocycles. The number of nitrogens with zero attached hydrogens (tertiary/aromatic N) is 4. The second kappa shape index (κ2) is 5.51. The Bertz CT molecular complexity index is 620. The second-order valence-corrected chi connectivity index (χ2v) is 4.40. The Labute approximate surface area is 111 Å². The van der Waals surface area contributed by atoms with Gasteiger partial charge < -0.3 is 10.2 Å². The molecule has 0 aliphatic heterocycles. The molecule has 100 valence electrons. The molecule has 2 aromatic heterocycles. The summed E-state index contributed by atoms with van der Waals surface area (Å²) in [5.41, 5.74) is 1.66. The van der Waals surface area contributed by atoms with Gasteiger partial charge in [0.15, 0.2) is 0 Å². The predicted molar refractivity (Wildman–Crippen MR) is 75.7 cm³/mol. The molecule has 6 heteroatoms. The number of hydrogen-bond acceptors (Lipinski definition) is 5. The molecule has 0 unspecified atom stereocenters. The summed E-state index contributed by atoms with van der Waals surface area (Å²) in [5.74, 6) is 0.774. The number of anilines is 2. The summed E-state index contributed by atoms with van der Waals surface area (Å²) in [6.45, 7) is 0.434. The fourth-order valence-corrected chi connectivity index (χ4v) is 1.67. The molecule has 0 fully saturated rings. The van der Waals surface area contributed by atoms with E-state index in [0.717, 1.165) is 17.1 Å². The van der Waals surface area contributed by atoms with E-state index in [0.29, 0.717) is 6.54 Å². The Morgan fingerprint density at radius 2 is 2.16 bits per heavy atom. The lowest BCUT2D eigenvalue weighted by Gasteiger charge is -2.12. The summed E-state index contributed by atoms with van der Waals surface area (Å²) in [6, 6.07) is 5.34. The minimum absolute atomic E-state index is 0.117. The lowest BCUT2D eigenvalue weighted by molar-refractivity contribution is 0.638. The molecule has 0 bridgehead atoms. The van der Waals surface area contributed by atoms with Crippen molar-refractivity contribution in [3.05, 3.63) is 46.5 Å². The number of aromatic nitrogens is 3. The van der Waals surface area contributed by atoms with Crippen molar-refractivity contribution in [2.75, 3.05) is 31.4 Å². The van der Waals surface area contributed by atoms with Gasteiger partial charge in [-0.25, -0.2) is 9.67 Å². The van der Waals surface area contributed by atoms with Crippen molar-refractivity contribution in [2.45, 2.75) is 6.54 Å². The zero-order valence-electron chi connectivity index (χ0n) is 11.3. The fourth-order valence-electron chi connectivity index (χ4n) is 1.67. The van der Waals surface area contributed by atoms with Gasteiger partial charge in [0.05, 0.1) is 18.4 Å². The van der Waals surface area contributed by atoms with Crippen LogP contribution in [0.3, 0.4) is 0 Å². The minimum Gasteiger partial charge on any atom is -0.376 e. The zero-order chi connectivity index (χ0) is 13.8. The van der Waals surface area contributed by atoms with Gasteiger partial charge in [0.25, 0.3) is 5.56 Å². The first-order chi connectivity index (χ1) is 9.10. The van der Waals surface area contributed by atoms with Gasteiger partial charge >= 0.3 is 0 Å². The van der Waals surface area contributed by atoms with E-state index in [-0.39, 0.29) is 5.56 Å². The average Bonchev–Trinajstić information content (AvgIpc) is 2.41. The quantitative estimate of drug-likeness (QED) is 0.879. The molecule has 0 aromatic carbocycles. The third-order valence-corrected chi connectivity index (χ3v) is 2.78. The van der Waals surface area contributed by atoms with Gasteiger partial charge in [-0.1, -0.05) is 0 Å². The van der Waals surface area contributed by atoms with E-state index in [1.54, 1.807) is 18.5 Å². The van der Waals surface area contributed by atoms with Crippen molar-refractivity contribution >= 4 is 11.5 Å². The van der Waals surface area contributed by atoms with Crippen LogP contribution in [0.25, 0.3) is 0 Å². The van der Waals surface area contributed by atoms with Crippen LogP contribution in [0.5, 0.6) is 0 Å². The number of pyridine rings is 1. The molecule has 0 atom stereocenters. The molecule has 0 radical (unpaired) electrons. The van der Waals surface area contributed by atoms with Crippen LogP contribution < -0.4 is 15.8 Å². The molecule has 2 heterocycles. The molecule has 0 amide bonds. The first-order valence-electron chi connectivity index (χ1n) is 5.97. The van der Waals surface area contributed by atoms with Crippen molar-refractivity contribution in [2.24, 2.45) is 0 Å². The van der Waals surface area contributed by atoms with Crippen LogP contribution in [0.4, 0.5) is 11.5 Å². The molecule has 1 N–H and O–H groups in total. The number of rotatable bonds is 4. The van der Waals surface area contributed by atoms with Crippen molar-refractivity contribution in [3.8, 4) is 0 Å². The molecule has 2 aromatic rings. The van der Waals surface area contributed by atoms with Gasteiger partial charge in [-0.2, -0.15) is 5.10 Å². The van der Waals surface area contributed by atoms with Crippen LogP contribution in [0, 0.1) is 0 Å². The highest BCUT2D eigenvalue weighted by atomic mass is 16.1. The Hall–Kier alpha value is -2.37. The first kappa shape index (κ1) is 13.1. The van der Waals surface area contributed by atoms with Crippen molar-refractivity contribution in [1.82, 2.24) is 14.8 Å². The maximum Gasteiger partial charge on any atom is 0.269 e. The third kappa shape index (κ3) is 3.09. The van der Waals surface area contributed by atoms with Crippen LogP contribution in [-0.2, 0) is 6.54 Å². The van der Waals surface area contributed by atoms with E-state index in [4.69, 9.17) is 0 Å². The second-order valence-electron chi connectivity index (χ2n) is 4.40. The van der Waals surface area contributed by atoms with Gasteiger partial charge in [-0.15, -0.1) is 0 Å². The van der Waals surface area contributed by atoms with E-state index in [1.165, 1.54) is 4.68 Å². The number of hydrogen-bond donors (Lipinski definition) is 1. The molecule has 6 nitrogen and oxygen atoms in total. The zero-order valence-corrected chi connectivity index (χ0v) is 11.3. The lowest BCUT2D eigenvalue weighted by atomic mass is 10.2. The summed E-state index contributed by atoms with van der Waals surface area (Å²) in [6.07, 6.45) is 3.39. The maximum absolute atomic E-state index is 11.9. The largest absolute Gasteiger partial charge is 0.376 e. The van der Waals surface area contributed by atoms with Gasteiger partial charge in [0, 0.05) is 33.4 Å². The van der Waals surface area contributed by atoms with Crippen LogP contribution in [0.15, 0.2) is 35.4 Å². The van der Waals surface area contributed by atoms with E-state index in [2.05, 4.69) is 15.4 Å². The highest BCUT2D eigenvalue weighted by Gasteiger charge is 2.03. The van der Waals surface area contributed by atoms with Crippen LogP contribution in [-0.4, -0.2) is 35.9 Å². The summed E-state index contributed by atoms with van der Waals surface area (Å²) in [4.78, 5) is 17.9. The summed E-state index contributed by atoms with van der Waals surface area (Å²) >= 11 is 0. The summed E-state index contributed by atoms with van der Waals surface area (Å²) in [7, 11) is 5.56. The van der Waals surface area contributed by atoms with Crippen LogP contribution in [0.1, 0.15) is 5.56 Å². The Morgan fingerprint density at radius 1 is 1.37 bits per heavy atom. The molecular weight excluding hydrogens is 242 g/mol. The molecule has 19 heavy (non-hydrogen) atoms. The van der Waals surface area contributed by atoms with E-state index < -0.39 is 0 Å². The minimum atomic E-state index is -0.117. The average molecular weight is 259 g/mol. The summed E-state index contributed by atoms with van der Waals surface area (Å²) in [5, 5.41) is 7.14. The highest BCUT2D eigenvalue weighted by molar-refractivity contribution is 5.41. The van der Waals surface area contributed by atoms with Gasteiger partial charge in [0.2, 0.25) is 0 Å². The topological polar surface area (TPSA) is 63.1 Å². The Balaban J connectivity index is 2.26. The predicted octanol–water partition coefficient (Wildman–Crippen LogP) is 0.794. The van der Waals surface area contributed by atoms with Gasteiger partial charge in [-0.05, 0) is 17.7 Å². The summed E-state index contributed by atoms with van der Waals surface area (Å²) < 4.78 is 1.43. The molecular formula is C13H17N5O. The van der Waals surface area contributed by atoms with Crippen molar-refractivity contribution in [3.63, 3.8) is 0 Å². The fraction of sp³-hybridized carbons (Fsp3) is 0.308. The molecule has 2 rings (SSSR count). The Kier molecular flexibility index (Phi) is 3.79. The van der Waals surface area contributed by atoms with Crippen LogP contribution >= 0.6 is 0 Å². The third-order valence-electron chi connectivity index (χ3n) is 2.78. The normalized spacial score (nSPS) is 10.3.